The van der Waals surface area contributed by atoms with Crippen LogP contribution in [0.5, 0.6) is 0 Å². The number of nitrogens with two attached hydrogens (primary N) is 1. The van der Waals surface area contributed by atoms with E-state index < -0.39 is 0 Å². The van der Waals surface area contributed by atoms with Crippen molar-refractivity contribution in [1.82, 2.24) is 4.98 Å². The van der Waals surface area contributed by atoms with Crippen LogP contribution in [0, 0.1) is 0 Å². The van der Waals surface area contributed by atoms with E-state index in [0.29, 0.717) is 12.5 Å². The van der Waals surface area contributed by atoms with Crippen LogP contribution in [-0.2, 0) is 11.3 Å². The fraction of sp³-hybridized carbons (Fsp3) is 0.357. The van der Waals surface area contributed by atoms with Crippen molar-refractivity contribution >= 4 is 23.7 Å². The quantitative estimate of drug-likeness (QED) is 0.946. The molecule has 2 N–H and O–H groups in total. The second kappa shape index (κ2) is 6.48. The summed E-state index contributed by atoms with van der Waals surface area (Å²) in [5.74, 6) is 0.479. The van der Waals surface area contributed by atoms with Gasteiger partial charge >= 0.3 is 0 Å². The Hall–Kier alpha value is -0.940. The number of hydrogen-bond acceptors (Lipinski definition) is 4. The van der Waals surface area contributed by atoms with Gasteiger partial charge in [-0.1, -0.05) is 18.2 Å². The molecule has 102 valence electrons. The minimum Gasteiger partial charge on any atom is -0.381 e. The van der Waals surface area contributed by atoms with Gasteiger partial charge in [0.2, 0.25) is 0 Å². The summed E-state index contributed by atoms with van der Waals surface area (Å²) in [4.78, 5) is 4.74. The van der Waals surface area contributed by atoms with Crippen molar-refractivity contribution < 1.29 is 4.74 Å². The molecule has 1 aromatic carbocycles. The molecule has 3 rings (SSSR count). The first kappa shape index (κ1) is 14.5. The van der Waals surface area contributed by atoms with E-state index in [2.05, 4.69) is 17.5 Å². The zero-order valence-electron chi connectivity index (χ0n) is 10.5. The summed E-state index contributed by atoms with van der Waals surface area (Å²) in [6.07, 6.45) is 1.09. The Balaban J connectivity index is 0.00000133. The lowest BCUT2D eigenvalue weighted by molar-refractivity contribution is 0.193. The summed E-state index contributed by atoms with van der Waals surface area (Å²) in [7, 11) is 0. The second-order valence-corrected chi connectivity index (χ2v) is 5.40. The number of hydrogen-bond donors (Lipinski definition) is 1. The van der Waals surface area contributed by atoms with Crippen molar-refractivity contribution in [3.8, 4) is 10.6 Å². The number of halogens is 1. The number of benzene rings is 1. The minimum absolute atomic E-state index is 0. The summed E-state index contributed by atoms with van der Waals surface area (Å²) in [6.45, 7) is 2.24. The third-order valence-electron chi connectivity index (χ3n) is 3.28. The second-order valence-electron chi connectivity index (χ2n) is 4.54. The topological polar surface area (TPSA) is 48.1 Å². The molecule has 1 unspecified atom stereocenters. The normalized spacial score (nSPS) is 18.3. The largest absolute Gasteiger partial charge is 0.381 e. The van der Waals surface area contributed by atoms with Crippen LogP contribution in [0.4, 0.5) is 0 Å². The van der Waals surface area contributed by atoms with E-state index in [1.54, 1.807) is 11.3 Å². The molecule has 0 aliphatic carbocycles. The van der Waals surface area contributed by atoms with E-state index >= 15 is 0 Å². The fourth-order valence-electron chi connectivity index (χ4n) is 2.21. The van der Waals surface area contributed by atoms with Gasteiger partial charge in [0.05, 0.1) is 12.3 Å². The van der Waals surface area contributed by atoms with Crippen molar-refractivity contribution in [2.75, 3.05) is 13.2 Å². The van der Waals surface area contributed by atoms with Crippen LogP contribution in [0.15, 0.2) is 29.6 Å². The molecule has 3 nitrogen and oxygen atoms in total. The van der Waals surface area contributed by atoms with Crippen LogP contribution in [0.2, 0.25) is 0 Å². The zero-order chi connectivity index (χ0) is 12.4. The van der Waals surface area contributed by atoms with Gasteiger partial charge < -0.3 is 10.5 Å². The van der Waals surface area contributed by atoms with Gasteiger partial charge in [-0.2, -0.15) is 0 Å². The van der Waals surface area contributed by atoms with Gasteiger partial charge in [-0.3, -0.25) is 0 Å². The number of aromatic nitrogens is 1. The fourth-order valence-corrected chi connectivity index (χ4v) is 3.10. The third-order valence-corrected chi connectivity index (χ3v) is 4.19. The van der Waals surface area contributed by atoms with Crippen LogP contribution in [0.25, 0.3) is 10.6 Å². The predicted molar refractivity (Wildman–Crippen MR) is 80.9 cm³/mol. The van der Waals surface area contributed by atoms with Gasteiger partial charge in [0.15, 0.2) is 0 Å². The van der Waals surface area contributed by atoms with E-state index in [-0.39, 0.29) is 12.4 Å². The minimum atomic E-state index is 0. The van der Waals surface area contributed by atoms with Crippen LogP contribution < -0.4 is 5.73 Å². The Labute approximate surface area is 123 Å². The molecule has 1 saturated heterocycles. The van der Waals surface area contributed by atoms with E-state index in [4.69, 9.17) is 15.5 Å². The zero-order valence-corrected chi connectivity index (χ0v) is 12.2. The lowest BCUT2D eigenvalue weighted by atomic mass is 10.1. The van der Waals surface area contributed by atoms with Crippen LogP contribution in [0.1, 0.15) is 23.6 Å². The summed E-state index contributed by atoms with van der Waals surface area (Å²) in [5, 5.41) is 3.23. The van der Waals surface area contributed by atoms with Crippen molar-refractivity contribution in [1.29, 1.82) is 0 Å². The van der Waals surface area contributed by atoms with Crippen molar-refractivity contribution in [3.63, 3.8) is 0 Å². The van der Waals surface area contributed by atoms with Gasteiger partial charge in [-0.25, -0.2) is 4.98 Å². The highest BCUT2D eigenvalue weighted by molar-refractivity contribution is 7.13. The molecule has 0 bridgehead atoms. The van der Waals surface area contributed by atoms with Crippen LogP contribution in [0.3, 0.4) is 0 Å². The maximum Gasteiger partial charge on any atom is 0.123 e. The van der Waals surface area contributed by atoms with Gasteiger partial charge in [-0.05, 0) is 18.1 Å². The Bertz CT molecular complexity index is 538. The maximum absolute atomic E-state index is 5.67. The van der Waals surface area contributed by atoms with E-state index in [1.165, 1.54) is 5.69 Å². The number of rotatable bonds is 3. The molecule has 0 spiro atoms. The van der Waals surface area contributed by atoms with Crippen molar-refractivity contribution in [2.24, 2.45) is 5.73 Å². The molecule has 5 heteroatoms. The molecule has 1 aliphatic heterocycles. The molecule has 2 aromatic rings. The summed E-state index contributed by atoms with van der Waals surface area (Å²) in [6, 6.07) is 8.29. The monoisotopic (exact) mass is 296 g/mol. The maximum atomic E-state index is 5.67. The predicted octanol–water partition coefficient (Wildman–Crippen LogP) is 3.19. The Morgan fingerprint density at radius 2 is 2.32 bits per heavy atom. The van der Waals surface area contributed by atoms with Gasteiger partial charge in [-0.15, -0.1) is 23.7 Å². The number of ether oxygens (including phenoxy) is 1. The molecule has 1 atom stereocenters. The first-order chi connectivity index (χ1) is 8.86. The van der Waals surface area contributed by atoms with E-state index in [0.717, 1.165) is 35.8 Å². The average Bonchev–Trinajstić information content (AvgIpc) is 3.09. The lowest BCUT2D eigenvalue weighted by Gasteiger charge is -2.02. The Morgan fingerprint density at radius 1 is 1.42 bits per heavy atom. The van der Waals surface area contributed by atoms with Crippen LogP contribution in [-0.4, -0.2) is 18.2 Å². The van der Waals surface area contributed by atoms with Crippen molar-refractivity contribution in [2.45, 2.75) is 18.9 Å². The molecule has 1 aromatic heterocycles. The highest BCUT2D eigenvalue weighted by Crippen LogP contribution is 2.30. The highest BCUT2D eigenvalue weighted by Gasteiger charge is 2.20. The molecule has 0 saturated carbocycles. The smallest absolute Gasteiger partial charge is 0.123 e. The van der Waals surface area contributed by atoms with E-state index in [1.807, 2.05) is 12.1 Å². The summed E-state index contributed by atoms with van der Waals surface area (Å²) in [5.41, 5.74) is 9.15. The standard InChI is InChI=1S/C14H16N2OS.ClH/c15-7-10-2-1-3-11(6-10)14-16-13(9-18-14)12-4-5-17-8-12;/h1-3,6,9,12H,4-5,7-8,15H2;1H. The molecule has 19 heavy (non-hydrogen) atoms. The summed E-state index contributed by atoms with van der Waals surface area (Å²) < 4.78 is 5.41. The first-order valence-electron chi connectivity index (χ1n) is 6.19. The SMILES string of the molecule is Cl.NCc1cccc(-c2nc(C3CCOC3)cs2)c1. The Morgan fingerprint density at radius 3 is 3.05 bits per heavy atom. The molecular weight excluding hydrogens is 280 g/mol. The highest BCUT2D eigenvalue weighted by atomic mass is 35.5. The number of thiazole rings is 1. The molecule has 0 radical (unpaired) electrons. The van der Waals surface area contributed by atoms with Crippen LogP contribution >= 0.6 is 23.7 Å². The van der Waals surface area contributed by atoms with Gasteiger partial charge in [0.1, 0.15) is 5.01 Å². The summed E-state index contributed by atoms with van der Waals surface area (Å²) >= 11 is 1.70. The first-order valence-corrected chi connectivity index (χ1v) is 7.07. The third kappa shape index (κ3) is 3.15. The van der Waals surface area contributed by atoms with Crippen molar-refractivity contribution in [3.05, 3.63) is 40.9 Å². The van der Waals surface area contributed by atoms with Gasteiger partial charge in [0, 0.05) is 30.0 Å². The lowest BCUT2D eigenvalue weighted by Crippen LogP contribution is -1.98. The molecule has 2 heterocycles. The molecule has 1 fully saturated rings. The van der Waals surface area contributed by atoms with Gasteiger partial charge in [0.25, 0.3) is 0 Å². The average molecular weight is 297 g/mol. The molecule has 1 aliphatic rings. The molecular formula is C14H17ClN2OS. The molecule has 0 amide bonds. The van der Waals surface area contributed by atoms with E-state index in [9.17, 15) is 0 Å². The number of nitrogens with zero attached hydrogens (tertiary/aromatic N) is 1. The Kier molecular flexibility index (Phi) is 4.93.